The maximum absolute atomic E-state index is 11.8. The number of hydrogen-bond donors (Lipinski definition) is 0. The van der Waals surface area contributed by atoms with Gasteiger partial charge in [0.15, 0.2) is 6.04 Å². The summed E-state index contributed by atoms with van der Waals surface area (Å²) in [6, 6.07) is 19.0. The molecule has 0 spiro atoms. The van der Waals surface area contributed by atoms with Gasteiger partial charge in [-0.1, -0.05) is 60.7 Å². The van der Waals surface area contributed by atoms with Crippen molar-refractivity contribution < 1.29 is 9.53 Å². The van der Waals surface area contributed by atoms with Crippen molar-refractivity contribution in [3.8, 4) is 0 Å². The maximum Gasteiger partial charge on any atom is 0.330 e. The summed E-state index contributed by atoms with van der Waals surface area (Å²) in [5.74, 6) is -0.318. The lowest BCUT2D eigenvalue weighted by molar-refractivity contribution is -0.142. The van der Waals surface area contributed by atoms with Gasteiger partial charge in [-0.05, 0) is 11.1 Å². The van der Waals surface area contributed by atoms with Gasteiger partial charge in [-0.15, -0.1) is 0 Å². The van der Waals surface area contributed by atoms with E-state index in [1.165, 1.54) is 7.11 Å². The highest BCUT2D eigenvalue weighted by Crippen LogP contribution is 2.08. The van der Waals surface area contributed by atoms with Crippen molar-refractivity contribution >= 4 is 12.2 Å². The summed E-state index contributed by atoms with van der Waals surface area (Å²) in [7, 11) is 1.39. The lowest BCUT2D eigenvalue weighted by atomic mass is 10.1. The Bertz CT molecular complexity index is 564. The highest BCUT2D eigenvalue weighted by atomic mass is 16.5. The Balaban J connectivity index is 2.12. The zero-order chi connectivity index (χ0) is 14.2. The van der Waals surface area contributed by atoms with E-state index in [1.54, 1.807) is 6.21 Å². The number of rotatable bonds is 5. The average molecular weight is 267 g/mol. The molecule has 2 aromatic carbocycles. The normalized spacial score (nSPS) is 12.2. The van der Waals surface area contributed by atoms with Crippen LogP contribution in [0.1, 0.15) is 11.1 Å². The van der Waals surface area contributed by atoms with Crippen LogP contribution < -0.4 is 0 Å². The van der Waals surface area contributed by atoms with Crippen LogP contribution in [0.25, 0.3) is 0 Å². The number of methoxy groups -OCH3 is 1. The summed E-state index contributed by atoms with van der Waals surface area (Å²) in [6.45, 7) is 0. The zero-order valence-electron chi connectivity index (χ0n) is 11.4. The molecule has 3 nitrogen and oxygen atoms in total. The largest absolute Gasteiger partial charge is 0.467 e. The summed E-state index contributed by atoms with van der Waals surface area (Å²) in [6.07, 6.45) is 2.25. The number of esters is 1. The average Bonchev–Trinajstić information content (AvgIpc) is 2.52. The third-order valence-corrected chi connectivity index (χ3v) is 2.95. The molecule has 2 aromatic rings. The van der Waals surface area contributed by atoms with Crippen molar-refractivity contribution in [1.82, 2.24) is 0 Å². The molecule has 0 saturated heterocycles. The monoisotopic (exact) mass is 267 g/mol. The minimum Gasteiger partial charge on any atom is -0.467 e. The number of carbonyl (C=O) groups is 1. The molecule has 0 bridgehead atoms. The highest BCUT2D eigenvalue weighted by Gasteiger charge is 2.17. The topological polar surface area (TPSA) is 38.7 Å². The van der Waals surface area contributed by atoms with Gasteiger partial charge in [0.1, 0.15) is 0 Å². The summed E-state index contributed by atoms with van der Waals surface area (Å²) in [5, 5.41) is 0. The van der Waals surface area contributed by atoms with Crippen LogP contribution in [0.4, 0.5) is 0 Å². The molecule has 0 aliphatic heterocycles. The molecule has 0 unspecified atom stereocenters. The van der Waals surface area contributed by atoms with Crippen LogP contribution in [0.3, 0.4) is 0 Å². The number of aliphatic imine (C=N–C) groups is 1. The van der Waals surface area contributed by atoms with Crippen LogP contribution in [0.2, 0.25) is 0 Å². The Morgan fingerprint density at radius 1 is 1.10 bits per heavy atom. The Morgan fingerprint density at radius 2 is 1.70 bits per heavy atom. The summed E-state index contributed by atoms with van der Waals surface area (Å²) >= 11 is 0. The molecule has 0 aliphatic carbocycles. The van der Waals surface area contributed by atoms with Gasteiger partial charge in [0.25, 0.3) is 0 Å². The first-order valence-electron chi connectivity index (χ1n) is 6.49. The van der Waals surface area contributed by atoms with Crippen molar-refractivity contribution in [2.45, 2.75) is 12.5 Å². The molecular formula is C17H17NO2. The summed E-state index contributed by atoms with van der Waals surface area (Å²) in [4.78, 5) is 16.2. The van der Waals surface area contributed by atoms with E-state index in [2.05, 4.69) is 4.99 Å². The fourth-order valence-electron chi connectivity index (χ4n) is 1.89. The number of nitrogens with zero attached hydrogens (tertiary/aromatic N) is 1. The zero-order valence-corrected chi connectivity index (χ0v) is 11.4. The van der Waals surface area contributed by atoms with E-state index in [0.29, 0.717) is 6.42 Å². The second kappa shape index (κ2) is 7.24. The predicted octanol–water partition coefficient (Wildman–Crippen LogP) is 2.89. The fourth-order valence-corrected chi connectivity index (χ4v) is 1.89. The van der Waals surface area contributed by atoms with Crippen LogP contribution in [-0.2, 0) is 16.0 Å². The van der Waals surface area contributed by atoms with Crippen molar-refractivity contribution in [2.75, 3.05) is 7.11 Å². The van der Waals surface area contributed by atoms with E-state index < -0.39 is 6.04 Å². The van der Waals surface area contributed by atoms with Gasteiger partial charge in [0, 0.05) is 12.6 Å². The number of benzene rings is 2. The maximum atomic E-state index is 11.8. The molecule has 1 atom stereocenters. The van der Waals surface area contributed by atoms with Crippen molar-refractivity contribution in [2.24, 2.45) is 4.99 Å². The van der Waals surface area contributed by atoms with E-state index >= 15 is 0 Å². The molecule has 0 saturated carbocycles. The van der Waals surface area contributed by atoms with Crippen LogP contribution in [0, 0.1) is 0 Å². The molecule has 3 heteroatoms. The quantitative estimate of drug-likeness (QED) is 0.617. The summed E-state index contributed by atoms with van der Waals surface area (Å²) in [5.41, 5.74) is 2.03. The number of carbonyl (C=O) groups excluding carboxylic acids is 1. The predicted molar refractivity (Wildman–Crippen MR) is 80.0 cm³/mol. The smallest absolute Gasteiger partial charge is 0.330 e. The first-order chi connectivity index (χ1) is 9.79. The highest BCUT2D eigenvalue weighted by molar-refractivity contribution is 5.84. The molecule has 20 heavy (non-hydrogen) atoms. The van der Waals surface area contributed by atoms with Crippen molar-refractivity contribution in [3.05, 3.63) is 71.8 Å². The molecular weight excluding hydrogens is 250 g/mol. The first kappa shape index (κ1) is 14.0. The Morgan fingerprint density at radius 3 is 2.30 bits per heavy atom. The van der Waals surface area contributed by atoms with Crippen LogP contribution in [-0.4, -0.2) is 25.3 Å². The molecule has 102 valence electrons. The molecule has 0 amide bonds. The second-order valence-electron chi connectivity index (χ2n) is 4.42. The standard InChI is InChI=1S/C17H17NO2/c1-20-17(19)16(12-14-8-4-2-5-9-14)18-13-15-10-6-3-7-11-15/h2-11,13,16H,12H2,1H3/t16-/m0/s1. The molecule has 0 N–H and O–H groups in total. The first-order valence-corrected chi connectivity index (χ1v) is 6.49. The van der Waals surface area contributed by atoms with Gasteiger partial charge in [-0.2, -0.15) is 0 Å². The Kier molecular flexibility index (Phi) is 5.07. The summed E-state index contributed by atoms with van der Waals surface area (Å²) < 4.78 is 4.82. The minimum absolute atomic E-state index is 0.318. The molecule has 0 radical (unpaired) electrons. The van der Waals surface area contributed by atoms with Gasteiger partial charge in [-0.3, -0.25) is 4.99 Å². The van der Waals surface area contributed by atoms with E-state index in [9.17, 15) is 4.79 Å². The van der Waals surface area contributed by atoms with E-state index in [-0.39, 0.29) is 5.97 Å². The molecule has 2 rings (SSSR count). The van der Waals surface area contributed by atoms with Gasteiger partial charge in [0.2, 0.25) is 0 Å². The third kappa shape index (κ3) is 4.05. The van der Waals surface area contributed by atoms with E-state index in [4.69, 9.17) is 4.74 Å². The van der Waals surface area contributed by atoms with Crippen LogP contribution in [0.5, 0.6) is 0 Å². The van der Waals surface area contributed by atoms with E-state index in [1.807, 2.05) is 60.7 Å². The van der Waals surface area contributed by atoms with Gasteiger partial charge >= 0.3 is 5.97 Å². The molecule has 0 aromatic heterocycles. The molecule has 0 heterocycles. The molecule has 0 aliphatic rings. The van der Waals surface area contributed by atoms with Gasteiger partial charge in [0.05, 0.1) is 7.11 Å². The second-order valence-corrected chi connectivity index (χ2v) is 4.42. The fraction of sp³-hybridized carbons (Fsp3) is 0.176. The number of ether oxygens (including phenoxy) is 1. The van der Waals surface area contributed by atoms with Gasteiger partial charge in [-0.25, -0.2) is 4.79 Å². The van der Waals surface area contributed by atoms with E-state index in [0.717, 1.165) is 11.1 Å². The minimum atomic E-state index is -0.511. The molecule has 0 fully saturated rings. The lowest BCUT2D eigenvalue weighted by Gasteiger charge is -2.10. The third-order valence-electron chi connectivity index (χ3n) is 2.95. The van der Waals surface area contributed by atoms with Gasteiger partial charge < -0.3 is 4.74 Å². The SMILES string of the molecule is COC(=O)[C@H](Cc1ccccc1)N=Cc1ccccc1. The van der Waals surface area contributed by atoms with Crippen molar-refractivity contribution in [1.29, 1.82) is 0 Å². The lowest BCUT2D eigenvalue weighted by Crippen LogP contribution is -2.23. The number of hydrogen-bond acceptors (Lipinski definition) is 3. The van der Waals surface area contributed by atoms with Crippen molar-refractivity contribution in [3.63, 3.8) is 0 Å². The Hall–Kier alpha value is -2.42. The van der Waals surface area contributed by atoms with Crippen LogP contribution in [0.15, 0.2) is 65.7 Å². The Labute approximate surface area is 118 Å². The van der Waals surface area contributed by atoms with Crippen LogP contribution >= 0.6 is 0 Å².